The number of carbonyl (C=O) groups is 1. The third kappa shape index (κ3) is 4.49. The molecule has 0 aliphatic carbocycles. The Morgan fingerprint density at radius 3 is 1.97 bits per heavy atom. The number of nitrogens with zero attached hydrogens (tertiary/aromatic N) is 3. The summed E-state index contributed by atoms with van der Waals surface area (Å²) < 4.78 is 78.5. The van der Waals surface area contributed by atoms with Crippen molar-refractivity contribution in [1.82, 2.24) is 9.88 Å². The quantitative estimate of drug-likeness (QED) is 0.499. The van der Waals surface area contributed by atoms with Crippen LogP contribution < -0.4 is 4.90 Å². The van der Waals surface area contributed by atoms with Crippen LogP contribution in [0.4, 0.5) is 32.2 Å². The fourth-order valence-corrected chi connectivity index (χ4v) is 3.63. The van der Waals surface area contributed by atoms with E-state index in [0.29, 0.717) is 31.0 Å². The number of amides is 1. The van der Waals surface area contributed by atoms with Gasteiger partial charge in [0.2, 0.25) is 0 Å². The van der Waals surface area contributed by atoms with Crippen LogP contribution in [-0.4, -0.2) is 42.0 Å². The second-order valence-corrected chi connectivity index (χ2v) is 7.44. The van der Waals surface area contributed by atoms with Crippen molar-refractivity contribution in [1.29, 1.82) is 0 Å². The van der Waals surface area contributed by atoms with Crippen LogP contribution in [0.15, 0.2) is 54.6 Å². The van der Waals surface area contributed by atoms with E-state index in [4.69, 9.17) is 0 Å². The summed E-state index contributed by atoms with van der Waals surface area (Å²) in [6, 6.07) is 12.2. The second kappa shape index (κ2) is 7.99. The number of aromatic nitrogens is 1. The molecule has 1 aliphatic rings. The van der Waals surface area contributed by atoms with Crippen molar-refractivity contribution in [3.63, 3.8) is 0 Å². The van der Waals surface area contributed by atoms with E-state index in [0.717, 1.165) is 10.9 Å². The van der Waals surface area contributed by atoms with Gasteiger partial charge in [0.05, 0.1) is 16.6 Å². The average molecular weight is 453 g/mol. The number of fused-ring (bicyclic) bond motifs is 1. The fraction of sp³-hybridized carbons (Fsp3) is 0.273. The van der Waals surface area contributed by atoms with Crippen molar-refractivity contribution < 1.29 is 31.1 Å². The van der Waals surface area contributed by atoms with Gasteiger partial charge in [0, 0.05) is 37.1 Å². The Hall–Kier alpha value is -3.30. The molecule has 32 heavy (non-hydrogen) atoms. The van der Waals surface area contributed by atoms with E-state index in [1.165, 1.54) is 4.90 Å². The predicted octanol–water partition coefficient (Wildman–Crippen LogP) is 5.23. The lowest BCUT2D eigenvalue weighted by Crippen LogP contribution is -2.49. The van der Waals surface area contributed by atoms with E-state index in [9.17, 15) is 31.1 Å². The molecule has 1 saturated heterocycles. The average Bonchev–Trinajstić information content (AvgIpc) is 2.77. The lowest BCUT2D eigenvalue weighted by atomic mass is 10.0. The van der Waals surface area contributed by atoms with E-state index < -0.39 is 35.0 Å². The first kappa shape index (κ1) is 21.9. The van der Waals surface area contributed by atoms with Crippen LogP contribution in [0.2, 0.25) is 0 Å². The number of piperazine rings is 1. The van der Waals surface area contributed by atoms with Gasteiger partial charge in [-0.15, -0.1) is 0 Å². The van der Waals surface area contributed by atoms with Gasteiger partial charge in [0.25, 0.3) is 5.91 Å². The Balaban J connectivity index is 1.52. The molecule has 0 atom stereocenters. The van der Waals surface area contributed by atoms with E-state index in [1.807, 2.05) is 41.3 Å². The van der Waals surface area contributed by atoms with Crippen molar-refractivity contribution in [3.8, 4) is 0 Å². The molecule has 2 aromatic carbocycles. The Kier molecular flexibility index (Phi) is 5.47. The number of rotatable bonds is 2. The highest BCUT2D eigenvalue weighted by Crippen LogP contribution is 2.36. The van der Waals surface area contributed by atoms with Crippen LogP contribution in [0.25, 0.3) is 10.9 Å². The van der Waals surface area contributed by atoms with Gasteiger partial charge >= 0.3 is 12.4 Å². The standard InChI is InChI=1S/C22H17F6N3O/c23-21(24,25)16-11-15(12-17(13-16)22(26,27)28)20(32)31-9-7-30(8-10-31)19-6-5-14-3-1-2-4-18(14)29-19/h1-6,11-13H,7-10H2. The number of pyridine rings is 1. The van der Waals surface area contributed by atoms with Crippen molar-refractivity contribution in [2.75, 3.05) is 31.1 Å². The molecule has 0 unspecified atom stereocenters. The maximum Gasteiger partial charge on any atom is 0.416 e. The van der Waals surface area contributed by atoms with Crippen LogP contribution in [0.3, 0.4) is 0 Å². The molecule has 168 valence electrons. The summed E-state index contributed by atoms with van der Waals surface area (Å²) >= 11 is 0. The van der Waals surface area contributed by atoms with E-state index in [2.05, 4.69) is 4.98 Å². The van der Waals surface area contributed by atoms with Crippen LogP contribution in [0, 0.1) is 0 Å². The molecule has 3 aromatic rings. The van der Waals surface area contributed by atoms with Crippen molar-refractivity contribution in [2.45, 2.75) is 12.4 Å². The Labute approximate surface area is 179 Å². The highest BCUT2D eigenvalue weighted by atomic mass is 19.4. The minimum atomic E-state index is -5.00. The molecule has 4 nitrogen and oxygen atoms in total. The summed E-state index contributed by atoms with van der Waals surface area (Å²) in [6.45, 7) is 0.986. The molecule has 10 heteroatoms. The summed E-state index contributed by atoms with van der Waals surface area (Å²) in [5.41, 5.74) is -2.85. The molecule has 0 spiro atoms. The van der Waals surface area contributed by atoms with E-state index >= 15 is 0 Å². The lowest BCUT2D eigenvalue weighted by Gasteiger charge is -2.35. The van der Waals surface area contributed by atoms with Gasteiger partial charge in [-0.05, 0) is 36.4 Å². The minimum absolute atomic E-state index is 0.0140. The molecule has 1 amide bonds. The number of hydrogen-bond donors (Lipinski definition) is 0. The molecule has 0 bridgehead atoms. The molecule has 0 radical (unpaired) electrons. The summed E-state index contributed by atoms with van der Waals surface area (Å²) in [5.74, 6) is -0.179. The van der Waals surface area contributed by atoms with Crippen molar-refractivity contribution in [2.24, 2.45) is 0 Å². The molecule has 2 heterocycles. The first-order valence-electron chi connectivity index (χ1n) is 9.72. The predicted molar refractivity (Wildman–Crippen MR) is 106 cm³/mol. The fourth-order valence-electron chi connectivity index (χ4n) is 3.63. The molecular weight excluding hydrogens is 436 g/mol. The lowest BCUT2D eigenvalue weighted by molar-refractivity contribution is -0.143. The zero-order valence-corrected chi connectivity index (χ0v) is 16.5. The summed E-state index contributed by atoms with van der Waals surface area (Å²) in [6.07, 6.45) is -10.0. The maximum absolute atomic E-state index is 13.1. The van der Waals surface area contributed by atoms with Gasteiger partial charge in [-0.25, -0.2) is 4.98 Å². The van der Waals surface area contributed by atoms with E-state index in [1.54, 1.807) is 0 Å². The molecule has 0 saturated carbocycles. The highest BCUT2D eigenvalue weighted by molar-refractivity contribution is 5.95. The Bertz CT molecular complexity index is 1120. The number of hydrogen-bond acceptors (Lipinski definition) is 3. The Morgan fingerprint density at radius 2 is 1.38 bits per heavy atom. The van der Waals surface area contributed by atoms with Crippen molar-refractivity contribution >= 4 is 22.6 Å². The van der Waals surface area contributed by atoms with Crippen LogP contribution in [0.1, 0.15) is 21.5 Å². The third-order valence-electron chi connectivity index (χ3n) is 5.31. The number of anilines is 1. The van der Waals surface area contributed by atoms with Gasteiger partial charge in [-0.1, -0.05) is 18.2 Å². The normalized spacial score (nSPS) is 15.3. The minimum Gasteiger partial charge on any atom is -0.353 e. The number of halogens is 6. The number of para-hydroxylation sites is 1. The molecular formula is C22H17F6N3O. The molecule has 1 aromatic heterocycles. The summed E-state index contributed by atoms with van der Waals surface area (Å²) in [7, 11) is 0. The van der Waals surface area contributed by atoms with Gasteiger partial charge in [0.1, 0.15) is 5.82 Å². The zero-order chi connectivity index (χ0) is 23.1. The van der Waals surface area contributed by atoms with Crippen LogP contribution in [-0.2, 0) is 12.4 Å². The molecule has 4 rings (SSSR count). The van der Waals surface area contributed by atoms with Crippen molar-refractivity contribution in [3.05, 3.63) is 71.3 Å². The summed E-state index contributed by atoms with van der Waals surface area (Å²) in [4.78, 5) is 20.5. The SMILES string of the molecule is O=C(c1cc(C(F)(F)F)cc(C(F)(F)F)c1)N1CCN(c2ccc3ccccc3n2)CC1. The third-order valence-corrected chi connectivity index (χ3v) is 5.31. The smallest absolute Gasteiger partial charge is 0.353 e. The molecule has 0 N–H and O–H groups in total. The number of carbonyl (C=O) groups excluding carboxylic acids is 1. The Morgan fingerprint density at radius 1 is 0.781 bits per heavy atom. The first-order valence-corrected chi connectivity index (χ1v) is 9.72. The topological polar surface area (TPSA) is 36.4 Å². The number of benzene rings is 2. The van der Waals surface area contributed by atoms with Gasteiger partial charge < -0.3 is 9.80 Å². The molecule has 1 aliphatic heterocycles. The highest BCUT2D eigenvalue weighted by Gasteiger charge is 2.38. The van der Waals surface area contributed by atoms with Crippen LogP contribution >= 0.6 is 0 Å². The second-order valence-electron chi connectivity index (χ2n) is 7.44. The maximum atomic E-state index is 13.1. The van der Waals surface area contributed by atoms with Gasteiger partial charge in [-0.3, -0.25) is 4.79 Å². The zero-order valence-electron chi connectivity index (χ0n) is 16.5. The number of alkyl halides is 6. The summed E-state index contributed by atoms with van der Waals surface area (Å²) in [5, 5.41) is 0.968. The van der Waals surface area contributed by atoms with Gasteiger partial charge in [0.15, 0.2) is 0 Å². The van der Waals surface area contributed by atoms with E-state index in [-0.39, 0.29) is 19.2 Å². The molecule has 1 fully saturated rings. The monoisotopic (exact) mass is 453 g/mol. The first-order chi connectivity index (χ1) is 15.0. The van der Waals surface area contributed by atoms with Crippen LogP contribution in [0.5, 0.6) is 0 Å². The van der Waals surface area contributed by atoms with Gasteiger partial charge in [-0.2, -0.15) is 26.3 Å². The largest absolute Gasteiger partial charge is 0.416 e.